The Hall–Kier alpha value is -1.20. The number of nitrogens with zero attached hydrogens (tertiary/aromatic N) is 3. The van der Waals surface area contributed by atoms with Gasteiger partial charge in [-0.15, -0.1) is 0 Å². The molecule has 1 saturated heterocycles. The molecule has 0 aromatic carbocycles. The van der Waals surface area contributed by atoms with Crippen LogP contribution in [0, 0.1) is 11.8 Å². The lowest BCUT2D eigenvalue weighted by atomic mass is 10.0. The maximum absolute atomic E-state index is 5.53. The van der Waals surface area contributed by atoms with Gasteiger partial charge in [-0.2, -0.15) is 0 Å². The number of hydrogen-bond acceptors (Lipinski definition) is 5. The summed E-state index contributed by atoms with van der Waals surface area (Å²) < 4.78 is 5.53. The molecule has 0 amide bonds. The van der Waals surface area contributed by atoms with Crippen LogP contribution in [0.1, 0.15) is 32.3 Å². The van der Waals surface area contributed by atoms with Crippen LogP contribution in [0.3, 0.4) is 0 Å². The lowest BCUT2D eigenvalue weighted by molar-refractivity contribution is 0.0575. The van der Waals surface area contributed by atoms with Crippen molar-refractivity contribution in [2.75, 3.05) is 38.3 Å². The summed E-state index contributed by atoms with van der Waals surface area (Å²) in [5, 5.41) is 3.41. The van der Waals surface area contributed by atoms with Crippen molar-refractivity contribution in [3.05, 3.63) is 18.0 Å². The number of ether oxygens (including phenoxy) is 1. The molecule has 2 rings (SSSR count). The molecule has 0 bridgehead atoms. The van der Waals surface area contributed by atoms with E-state index in [-0.39, 0.29) is 0 Å². The third kappa shape index (κ3) is 5.59. The molecule has 1 N–H and O–H groups in total. The van der Waals surface area contributed by atoms with Gasteiger partial charge in [0.2, 0.25) is 5.95 Å². The molecule has 0 saturated carbocycles. The third-order valence-corrected chi connectivity index (χ3v) is 3.70. The first-order valence-corrected chi connectivity index (χ1v) is 7.95. The first-order chi connectivity index (χ1) is 10.1. The summed E-state index contributed by atoms with van der Waals surface area (Å²) in [6, 6.07) is 0. The molecule has 1 atom stereocenters. The second kappa shape index (κ2) is 8.29. The largest absolute Gasteiger partial charge is 0.381 e. The van der Waals surface area contributed by atoms with Crippen LogP contribution in [0.25, 0.3) is 0 Å². The molecule has 1 aromatic heterocycles. The van der Waals surface area contributed by atoms with Crippen LogP contribution in [-0.4, -0.2) is 43.3 Å². The van der Waals surface area contributed by atoms with Crippen LogP contribution in [0.5, 0.6) is 0 Å². The molecule has 1 fully saturated rings. The number of anilines is 1. The zero-order valence-electron chi connectivity index (χ0n) is 13.5. The van der Waals surface area contributed by atoms with Gasteiger partial charge in [-0.25, -0.2) is 9.97 Å². The van der Waals surface area contributed by atoms with Crippen molar-refractivity contribution in [1.29, 1.82) is 0 Å². The highest BCUT2D eigenvalue weighted by atomic mass is 16.5. The standard InChI is InChI=1S/C16H28N4O/c1-13(2)7-17-8-15-9-18-16(19-10-15)20(3)11-14-5-4-6-21-12-14/h9-10,13-14,17H,4-8,11-12H2,1-3H3. The molecule has 0 radical (unpaired) electrons. The van der Waals surface area contributed by atoms with Gasteiger partial charge in [0.25, 0.3) is 0 Å². The van der Waals surface area contributed by atoms with Crippen molar-refractivity contribution in [2.24, 2.45) is 11.8 Å². The zero-order valence-corrected chi connectivity index (χ0v) is 13.5. The van der Waals surface area contributed by atoms with E-state index in [1.54, 1.807) is 0 Å². The highest BCUT2D eigenvalue weighted by molar-refractivity contribution is 5.28. The Morgan fingerprint density at radius 3 is 2.76 bits per heavy atom. The van der Waals surface area contributed by atoms with Crippen molar-refractivity contribution in [1.82, 2.24) is 15.3 Å². The van der Waals surface area contributed by atoms with E-state index in [1.807, 2.05) is 12.4 Å². The van der Waals surface area contributed by atoms with E-state index in [2.05, 4.69) is 41.1 Å². The Labute approximate surface area is 128 Å². The predicted octanol–water partition coefficient (Wildman–Crippen LogP) is 2.08. The Bertz CT molecular complexity index is 401. The maximum atomic E-state index is 5.53. The Morgan fingerprint density at radius 1 is 1.38 bits per heavy atom. The zero-order chi connectivity index (χ0) is 15.1. The molecule has 1 aliphatic rings. The van der Waals surface area contributed by atoms with Gasteiger partial charge in [0.1, 0.15) is 0 Å². The van der Waals surface area contributed by atoms with E-state index in [4.69, 9.17) is 4.74 Å². The van der Waals surface area contributed by atoms with Crippen molar-refractivity contribution < 1.29 is 4.74 Å². The average Bonchev–Trinajstić information content (AvgIpc) is 2.48. The van der Waals surface area contributed by atoms with Gasteiger partial charge in [0.05, 0.1) is 6.61 Å². The molecule has 118 valence electrons. The molecule has 5 nitrogen and oxygen atoms in total. The monoisotopic (exact) mass is 292 g/mol. The highest BCUT2D eigenvalue weighted by Gasteiger charge is 2.17. The number of nitrogens with one attached hydrogen (secondary N) is 1. The summed E-state index contributed by atoms with van der Waals surface area (Å²) in [4.78, 5) is 11.1. The second-order valence-corrected chi connectivity index (χ2v) is 6.38. The Morgan fingerprint density at radius 2 is 2.14 bits per heavy atom. The van der Waals surface area contributed by atoms with E-state index >= 15 is 0 Å². The van der Waals surface area contributed by atoms with Crippen LogP contribution in [-0.2, 0) is 11.3 Å². The molecule has 0 aliphatic carbocycles. The van der Waals surface area contributed by atoms with E-state index in [0.29, 0.717) is 11.8 Å². The van der Waals surface area contributed by atoms with Gasteiger partial charge in [-0.3, -0.25) is 0 Å². The number of rotatable bonds is 7. The summed E-state index contributed by atoms with van der Waals surface area (Å²) >= 11 is 0. The maximum Gasteiger partial charge on any atom is 0.225 e. The molecule has 1 aliphatic heterocycles. The fourth-order valence-electron chi connectivity index (χ4n) is 2.56. The van der Waals surface area contributed by atoms with Crippen molar-refractivity contribution in [2.45, 2.75) is 33.2 Å². The minimum absolute atomic E-state index is 0.597. The van der Waals surface area contributed by atoms with Crippen LogP contribution in [0.2, 0.25) is 0 Å². The summed E-state index contributed by atoms with van der Waals surface area (Å²) in [5.41, 5.74) is 1.13. The second-order valence-electron chi connectivity index (χ2n) is 6.38. The number of hydrogen-bond donors (Lipinski definition) is 1. The summed E-state index contributed by atoms with van der Waals surface area (Å²) in [5.74, 6) is 2.06. The van der Waals surface area contributed by atoms with E-state index in [1.165, 1.54) is 12.8 Å². The van der Waals surface area contributed by atoms with Crippen LogP contribution in [0.4, 0.5) is 5.95 Å². The van der Waals surface area contributed by atoms with Gasteiger partial charge in [0.15, 0.2) is 0 Å². The minimum atomic E-state index is 0.597. The average molecular weight is 292 g/mol. The molecular weight excluding hydrogens is 264 g/mol. The lowest BCUT2D eigenvalue weighted by Gasteiger charge is -2.27. The van der Waals surface area contributed by atoms with Gasteiger partial charge in [0, 0.05) is 44.7 Å². The first-order valence-electron chi connectivity index (χ1n) is 7.95. The minimum Gasteiger partial charge on any atom is -0.381 e. The quantitative estimate of drug-likeness (QED) is 0.834. The normalized spacial score (nSPS) is 19.0. The summed E-state index contributed by atoms with van der Waals surface area (Å²) in [7, 11) is 2.06. The van der Waals surface area contributed by atoms with E-state index in [9.17, 15) is 0 Å². The fraction of sp³-hybridized carbons (Fsp3) is 0.750. The fourth-order valence-corrected chi connectivity index (χ4v) is 2.56. The Kier molecular flexibility index (Phi) is 6.39. The van der Waals surface area contributed by atoms with Crippen molar-refractivity contribution in [3.63, 3.8) is 0 Å². The molecule has 1 unspecified atom stereocenters. The third-order valence-electron chi connectivity index (χ3n) is 3.70. The van der Waals surface area contributed by atoms with Crippen molar-refractivity contribution >= 4 is 5.95 Å². The molecular formula is C16H28N4O. The van der Waals surface area contributed by atoms with Crippen molar-refractivity contribution in [3.8, 4) is 0 Å². The van der Waals surface area contributed by atoms with E-state index in [0.717, 1.165) is 44.4 Å². The molecule has 0 spiro atoms. The van der Waals surface area contributed by atoms with Gasteiger partial charge < -0.3 is 15.0 Å². The topological polar surface area (TPSA) is 50.3 Å². The predicted molar refractivity (Wildman–Crippen MR) is 85.4 cm³/mol. The smallest absolute Gasteiger partial charge is 0.225 e. The van der Waals surface area contributed by atoms with Crippen LogP contribution >= 0.6 is 0 Å². The van der Waals surface area contributed by atoms with Gasteiger partial charge in [-0.05, 0) is 31.2 Å². The highest BCUT2D eigenvalue weighted by Crippen LogP contribution is 2.16. The summed E-state index contributed by atoms with van der Waals surface area (Å²) in [6.07, 6.45) is 6.24. The SMILES string of the molecule is CC(C)CNCc1cnc(N(C)CC2CCCOC2)nc1. The van der Waals surface area contributed by atoms with Crippen LogP contribution in [0.15, 0.2) is 12.4 Å². The number of aromatic nitrogens is 2. The van der Waals surface area contributed by atoms with Crippen LogP contribution < -0.4 is 10.2 Å². The Balaban J connectivity index is 1.80. The van der Waals surface area contributed by atoms with Gasteiger partial charge in [-0.1, -0.05) is 13.8 Å². The molecule has 5 heteroatoms. The molecule has 21 heavy (non-hydrogen) atoms. The summed E-state index contributed by atoms with van der Waals surface area (Å²) in [6.45, 7) is 9.00. The lowest BCUT2D eigenvalue weighted by Crippen LogP contribution is -2.31. The first kappa shape index (κ1) is 16.2. The van der Waals surface area contributed by atoms with Gasteiger partial charge >= 0.3 is 0 Å². The van der Waals surface area contributed by atoms with E-state index < -0.39 is 0 Å². The molecule has 1 aromatic rings. The molecule has 2 heterocycles.